The molecule has 0 aliphatic carbocycles. The molecule has 3 aromatic rings. The Balaban J connectivity index is 1.52. The molecule has 4 rings (SSSR count). The van der Waals surface area contributed by atoms with Crippen molar-refractivity contribution in [1.29, 1.82) is 0 Å². The molecule has 0 unspecified atom stereocenters. The van der Waals surface area contributed by atoms with E-state index < -0.39 is 0 Å². The zero-order valence-electron chi connectivity index (χ0n) is 13.7. The van der Waals surface area contributed by atoms with Crippen molar-refractivity contribution in [3.63, 3.8) is 0 Å². The largest absolute Gasteiger partial charge is 0.373 e. The van der Waals surface area contributed by atoms with Gasteiger partial charge in [0.05, 0.1) is 6.10 Å². The average Bonchev–Trinajstić information content (AvgIpc) is 2.98. The lowest BCUT2D eigenvalue weighted by Gasteiger charge is -2.28. The molecule has 0 aromatic carbocycles. The Labute approximate surface area is 144 Å². The number of aryl methyl sites for hydroxylation is 2. The molecular formula is C17H19N5OS. The van der Waals surface area contributed by atoms with Crippen LogP contribution in [0.3, 0.4) is 0 Å². The van der Waals surface area contributed by atoms with Crippen LogP contribution in [0.4, 0.5) is 0 Å². The lowest BCUT2D eigenvalue weighted by Crippen LogP contribution is -2.21. The number of nitrogens with zero attached hydrogens (tertiary/aromatic N) is 5. The van der Waals surface area contributed by atoms with Gasteiger partial charge >= 0.3 is 0 Å². The third-order valence-electron chi connectivity index (χ3n) is 4.18. The zero-order valence-corrected chi connectivity index (χ0v) is 14.5. The minimum Gasteiger partial charge on any atom is -0.373 e. The van der Waals surface area contributed by atoms with Crippen molar-refractivity contribution in [3.05, 3.63) is 47.5 Å². The maximum Gasteiger partial charge on any atom is 0.253 e. The van der Waals surface area contributed by atoms with Gasteiger partial charge in [-0.25, -0.2) is 9.50 Å². The van der Waals surface area contributed by atoms with E-state index in [4.69, 9.17) is 4.74 Å². The topological polar surface area (TPSA) is 65.2 Å². The number of aromatic nitrogens is 5. The lowest BCUT2D eigenvalue weighted by molar-refractivity contribution is 0.0178. The fourth-order valence-corrected chi connectivity index (χ4v) is 4.08. The molecule has 124 valence electrons. The van der Waals surface area contributed by atoms with Gasteiger partial charge in [-0.05, 0) is 50.5 Å². The number of thioether (sulfide) groups is 1. The maximum atomic E-state index is 5.93. The summed E-state index contributed by atoms with van der Waals surface area (Å²) in [5.74, 6) is 0.674. The first kappa shape index (κ1) is 15.5. The first-order chi connectivity index (χ1) is 11.7. The van der Waals surface area contributed by atoms with Crippen molar-refractivity contribution in [3.8, 4) is 0 Å². The van der Waals surface area contributed by atoms with Gasteiger partial charge in [-0.3, -0.25) is 4.98 Å². The molecule has 24 heavy (non-hydrogen) atoms. The summed E-state index contributed by atoms with van der Waals surface area (Å²) in [4.78, 5) is 13.1. The zero-order chi connectivity index (χ0) is 16.5. The van der Waals surface area contributed by atoms with Gasteiger partial charge in [0.15, 0.2) is 0 Å². The summed E-state index contributed by atoms with van der Waals surface area (Å²) in [5, 5.41) is 5.83. The van der Waals surface area contributed by atoms with Gasteiger partial charge in [0.1, 0.15) is 0 Å². The minimum atomic E-state index is 0.124. The van der Waals surface area contributed by atoms with Gasteiger partial charge in [-0.1, -0.05) is 11.8 Å². The molecule has 0 N–H and O–H groups in total. The molecule has 6 nitrogen and oxygen atoms in total. The number of hydrogen-bond acceptors (Lipinski definition) is 6. The van der Waals surface area contributed by atoms with Crippen LogP contribution < -0.4 is 0 Å². The molecule has 0 spiro atoms. The average molecular weight is 341 g/mol. The molecular weight excluding hydrogens is 322 g/mol. The van der Waals surface area contributed by atoms with Crippen LogP contribution in [0.15, 0.2) is 35.7 Å². The van der Waals surface area contributed by atoms with Crippen LogP contribution in [0.25, 0.3) is 5.78 Å². The van der Waals surface area contributed by atoms with Crippen molar-refractivity contribution in [2.75, 3.05) is 6.61 Å². The molecule has 1 aliphatic rings. The first-order valence-corrected chi connectivity index (χ1v) is 8.96. The molecule has 4 heterocycles. The van der Waals surface area contributed by atoms with Crippen molar-refractivity contribution >= 4 is 17.5 Å². The van der Waals surface area contributed by atoms with E-state index in [1.165, 1.54) is 5.56 Å². The Morgan fingerprint density at radius 2 is 2.04 bits per heavy atom. The number of ether oxygens (including phenoxy) is 1. The van der Waals surface area contributed by atoms with Gasteiger partial charge < -0.3 is 4.74 Å². The van der Waals surface area contributed by atoms with Crippen LogP contribution in [-0.4, -0.2) is 36.4 Å². The minimum absolute atomic E-state index is 0.124. The molecule has 0 saturated carbocycles. The molecule has 7 heteroatoms. The molecule has 1 aliphatic heterocycles. The van der Waals surface area contributed by atoms with Crippen LogP contribution in [-0.2, 0) is 4.74 Å². The maximum absolute atomic E-state index is 5.93. The van der Waals surface area contributed by atoms with E-state index in [-0.39, 0.29) is 6.10 Å². The van der Waals surface area contributed by atoms with Crippen LogP contribution in [0, 0.1) is 13.8 Å². The Morgan fingerprint density at radius 3 is 2.88 bits per heavy atom. The molecule has 1 saturated heterocycles. The summed E-state index contributed by atoms with van der Waals surface area (Å²) in [7, 11) is 0. The van der Waals surface area contributed by atoms with Crippen LogP contribution >= 0.6 is 11.8 Å². The third kappa shape index (κ3) is 3.14. The highest BCUT2D eigenvalue weighted by atomic mass is 32.2. The number of hydrogen-bond donors (Lipinski definition) is 0. The SMILES string of the molecule is Cc1cc(C)n2nc(S[C@@H]3CCO[C@@H](c4ccncc4)C3)nc2n1. The van der Waals surface area contributed by atoms with Gasteiger partial charge in [0.25, 0.3) is 5.78 Å². The summed E-state index contributed by atoms with van der Waals surface area (Å²) in [5.41, 5.74) is 3.21. The Kier molecular flexibility index (Phi) is 4.20. The highest BCUT2D eigenvalue weighted by Gasteiger charge is 2.26. The van der Waals surface area contributed by atoms with Gasteiger partial charge in [-0.2, -0.15) is 4.98 Å². The Morgan fingerprint density at radius 1 is 1.21 bits per heavy atom. The number of fused-ring (bicyclic) bond motifs is 1. The standard InChI is InChI=1S/C17H19N5OS/c1-11-9-12(2)22-16(19-11)20-17(21-22)24-14-5-8-23-15(10-14)13-3-6-18-7-4-13/h3-4,6-7,9,14-15H,5,8,10H2,1-2H3/t14-,15-/m1/s1. The van der Waals surface area contributed by atoms with E-state index in [0.717, 1.165) is 36.0 Å². The summed E-state index contributed by atoms with van der Waals surface area (Å²) in [6.07, 6.45) is 5.72. The summed E-state index contributed by atoms with van der Waals surface area (Å²) >= 11 is 1.72. The highest BCUT2D eigenvalue weighted by molar-refractivity contribution is 7.99. The highest BCUT2D eigenvalue weighted by Crippen LogP contribution is 2.36. The van der Waals surface area contributed by atoms with Crippen LogP contribution in [0.2, 0.25) is 0 Å². The fraction of sp³-hybridized carbons (Fsp3) is 0.412. The van der Waals surface area contributed by atoms with E-state index in [9.17, 15) is 0 Å². The van der Waals surface area contributed by atoms with Crippen LogP contribution in [0.5, 0.6) is 0 Å². The second-order valence-corrected chi connectivity index (χ2v) is 7.32. The predicted molar refractivity (Wildman–Crippen MR) is 92.1 cm³/mol. The lowest BCUT2D eigenvalue weighted by atomic mass is 10.0. The van der Waals surface area contributed by atoms with E-state index in [2.05, 4.69) is 20.1 Å². The van der Waals surface area contributed by atoms with Crippen molar-refractivity contribution in [2.24, 2.45) is 0 Å². The second-order valence-electron chi connectivity index (χ2n) is 6.05. The van der Waals surface area contributed by atoms with Gasteiger partial charge in [0, 0.05) is 35.6 Å². The Bertz CT molecular complexity index is 851. The van der Waals surface area contributed by atoms with Crippen molar-refractivity contribution in [1.82, 2.24) is 24.6 Å². The second kappa shape index (κ2) is 6.49. The number of pyridine rings is 1. The van der Waals surface area contributed by atoms with E-state index in [0.29, 0.717) is 11.0 Å². The molecule has 3 aromatic heterocycles. The molecule has 0 amide bonds. The Hall–Kier alpha value is -1.99. The number of rotatable bonds is 3. The van der Waals surface area contributed by atoms with Gasteiger partial charge in [-0.15, -0.1) is 5.10 Å². The molecule has 0 bridgehead atoms. The molecule has 2 atom stereocenters. The van der Waals surface area contributed by atoms with Crippen molar-refractivity contribution in [2.45, 2.75) is 43.2 Å². The van der Waals surface area contributed by atoms with Crippen molar-refractivity contribution < 1.29 is 4.74 Å². The van der Waals surface area contributed by atoms with E-state index in [1.54, 1.807) is 11.8 Å². The normalized spacial score (nSPS) is 21.2. The summed E-state index contributed by atoms with van der Waals surface area (Å²) in [6.45, 7) is 4.76. The molecule has 1 fully saturated rings. The first-order valence-electron chi connectivity index (χ1n) is 8.08. The monoisotopic (exact) mass is 341 g/mol. The third-order valence-corrected chi connectivity index (χ3v) is 5.33. The smallest absolute Gasteiger partial charge is 0.253 e. The summed E-state index contributed by atoms with van der Waals surface area (Å²) < 4.78 is 7.74. The van der Waals surface area contributed by atoms with E-state index >= 15 is 0 Å². The quantitative estimate of drug-likeness (QED) is 0.729. The van der Waals surface area contributed by atoms with E-state index in [1.807, 2.05) is 49.0 Å². The van der Waals surface area contributed by atoms with Gasteiger partial charge in [0.2, 0.25) is 5.16 Å². The van der Waals surface area contributed by atoms with Crippen LogP contribution in [0.1, 0.15) is 35.9 Å². The molecule has 0 radical (unpaired) electrons. The fourth-order valence-electron chi connectivity index (χ4n) is 3.03. The summed E-state index contributed by atoms with van der Waals surface area (Å²) in [6, 6.07) is 6.07. The predicted octanol–water partition coefficient (Wildman–Crippen LogP) is 3.15.